The number of fused-ring (bicyclic) bond motifs is 1. The van der Waals surface area contributed by atoms with Gasteiger partial charge in [0, 0.05) is 17.3 Å². The van der Waals surface area contributed by atoms with Crippen LogP contribution in [0.4, 0.5) is 4.39 Å². The molecule has 0 aliphatic heterocycles. The highest BCUT2D eigenvalue weighted by molar-refractivity contribution is 7.89. The van der Waals surface area contributed by atoms with E-state index in [2.05, 4.69) is 9.97 Å². The minimum Gasteiger partial charge on any atom is -0.227 e. The van der Waals surface area contributed by atoms with Crippen LogP contribution in [0.15, 0.2) is 67.1 Å². The molecule has 2 aromatic heterocycles. The second-order valence-electron chi connectivity index (χ2n) is 5.92. The van der Waals surface area contributed by atoms with Gasteiger partial charge in [0.25, 0.3) is 0 Å². The topological polar surface area (TPSA) is 64.8 Å². The van der Waals surface area contributed by atoms with Crippen molar-refractivity contribution in [3.05, 3.63) is 83.7 Å². The van der Waals surface area contributed by atoms with Gasteiger partial charge in [0.05, 0.1) is 11.1 Å². The highest BCUT2D eigenvalue weighted by Gasteiger charge is 2.24. The predicted molar refractivity (Wildman–Crippen MR) is 102 cm³/mol. The van der Waals surface area contributed by atoms with Crippen molar-refractivity contribution in [2.75, 3.05) is 0 Å². The molecule has 4 aromatic rings. The SMILES string of the molecule is O=S(=O)(Cc1ccccc1)n1cc(-c2ccccc2F)c2c(Cl)ncnc21. The highest BCUT2D eigenvalue weighted by atomic mass is 35.5. The Labute approximate surface area is 160 Å². The Morgan fingerprint density at radius 2 is 1.67 bits per heavy atom. The zero-order valence-corrected chi connectivity index (χ0v) is 15.5. The Kier molecular flexibility index (Phi) is 4.41. The minimum absolute atomic E-state index is 0.0620. The lowest BCUT2D eigenvalue weighted by Crippen LogP contribution is -2.14. The van der Waals surface area contributed by atoms with Crippen LogP contribution in [0.25, 0.3) is 22.2 Å². The second-order valence-corrected chi connectivity index (χ2v) is 8.13. The van der Waals surface area contributed by atoms with Crippen LogP contribution in [0.1, 0.15) is 5.56 Å². The molecule has 0 unspecified atom stereocenters. The molecule has 0 spiro atoms. The summed E-state index contributed by atoms with van der Waals surface area (Å²) >= 11 is 6.21. The normalized spacial score (nSPS) is 11.8. The molecule has 0 atom stereocenters. The van der Waals surface area contributed by atoms with Crippen LogP contribution >= 0.6 is 11.6 Å². The first-order valence-corrected chi connectivity index (χ1v) is 10.00. The summed E-state index contributed by atoms with van der Waals surface area (Å²) in [4.78, 5) is 8.02. The van der Waals surface area contributed by atoms with Crippen molar-refractivity contribution in [2.45, 2.75) is 5.75 Å². The molecule has 4 rings (SSSR count). The van der Waals surface area contributed by atoms with Gasteiger partial charge in [0.2, 0.25) is 10.0 Å². The number of rotatable bonds is 4. The fourth-order valence-corrected chi connectivity index (χ4v) is 4.60. The molecule has 8 heteroatoms. The summed E-state index contributed by atoms with van der Waals surface area (Å²) in [6.45, 7) is 0. The first kappa shape index (κ1) is 17.6. The van der Waals surface area contributed by atoms with Gasteiger partial charge in [-0.05, 0) is 11.6 Å². The number of hydrogen-bond acceptors (Lipinski definition) is 4. The van der Waals surface area contributed by atoms with Gasteiger partial charge < -0.3 is 0 Å². The van der Waals surface area contributed by atoms with Gasteiger partial charge in [-0.15, -0.1) is 0 Å². The van der Waals surface area contributed by atoms with Gasteiger partial charge in [0.1, 0.15) is 17.3 Å². The predicted octanol–water partition coefficient (Wildman–Crippen LogP) is 4.27. The molecule has 0 aliphatic rings. The van der Waals surface area contributed by atoms with Crippen molar-refractivity contribution in [3.8, 4) is 11.1 Å². The molecule has 0 fully saturated rings. The minimum atomic E-state index is -3.81. The molecular formula is C19H13ClFN3O2S. The van der Waals surface area contributed by atoms with E-state index in [1.165, 1.54) is 18.6 Å². The van der Waals surface area contributed by atoms with E-state index in [0.717, 1.165) is 3.97 Å². The zero-order chi connectivity index (χ0) is 19.0. The zero-order valence-electron chi connectivity index (χ0n) is 13.9. The molecule has 136 valence electrons. The third-order valence-electron chi connectivity index (χ3n) is 4.16. The fourth-order valence-electron chi connectivity index (χ4n) is 2.95. The summed E-state index contributed by atoms with van der Waals surface area (Å²) in [5, 5.41) is 0.354. The van der Waals surface area contributed by atoms with Gasteiger partial charge in [-0.3, -0.25) is 0 Å². The van der Waals surface area contributed by atoms with Crippen LogP contribution in [0.5, 0.6) is 0 Å². The summed E-state index contributed by atoms with van der Waals surface area (Å²) in [5.41, 5.74) is 1.30. The molecule has 0 radical (unpaired) electrons. The number of hydrogen-bond donors (Lipinski definition) is 0. The van der Waals surface area contributed by atoms with E-state index in [1.54, 1.807) is 42.5 Å². The van der Waals surface area contributed by atoms with E-state index < -0.39 is 15.8 Å². The lowest BCUT2D eigenvalue weighted by molar-refractivity contribution is 0.588. The highest BCUT2D eigenvalue weighted by Crippen LogP contribution is 2.35. The molecule has 0 N–H and O–H groups in total. The fraction of sp³-hybridized carbons (Fsp3) is 0.0526. The number of aromatic nitrogens is 3. The molecule has 0 bridgehead atoms. The Morgan fingerprint density at radius 1 is 0.963 bits per heavy atom. The molecule has 0 saturated carbocycles. The third kappa shape index (κ3) is 3.20. The van der Waals surface area contributed by atoms with Gasteiger partial charge in [-0.1, -0.05) is 60.1 Å². The molecule has 27 heavy (non-hydrogen) atoms. The first-order valence-electron chi connectivity index (χ1n) is 8.01. The van der Waals surface area contributed by atoms with Crippen molar-refractivity contribution in [2.24, 2.45) is 0 Å². The monoisotopic (exact) mass is 401 g/mol. The number of benzene rings is 2. The Morgan fingerprint density at radius 3 is 2.41 bits per heavy atom. The van der Waals surface area contributed by atoms with Crippen molar-refractivity contribution in [3.63, 3.8) is 0 Å². The van der Waals surface area contributed by atoms with Crippen LogP contribution in [0, 0.1) is 5.82 Å². The molecule has 2 heterocycles. The Hall–Kier alpha value is -2.77. The van der Waals surface area contributed by atoms with Crippen molar-refractivity contribution in [1.29, 1.82) is 0 Å². The van der Waals surface area contributed by atoms with E-state index in [9.17, 15) is 12.8 Å². The van der Waals surface area contributed by atoms with Gasteiger partial charge in [-0.2, -0.15) is 0 Å². The van der Waals surface area contributed by atoms with Crippen molar-refractivity contribution >= 4 is 32.7 Å². The first-order chi connectivity index (χ1) is 13.0. The average Bonchev–Trinajstić information content (AvgIpc) is 3.04. The summed E-state index contributed by atoms with van der Waals surface area (Å²) in [6, 6.07) is 14.9. The van der Waals surface area contributed by atoms with Crippen LogP contribution in [0.2, 0.25) is 5.15 Å². The van der Waals surface area contributed by atoms with E-state index in [-0.39, 0.29) is 22.1 Å². The second kappa shape index (κ2) is 6.75. The van der Waals surface area contributed by atoms with E-state index >= 15 is 0 Å². The van der Waals surface area contributed by atoms with Gasteiger partial charge >= 0.3 is 0 Å². The van der Waals surface area contributed by atoms with Crippen molar-refractivity contribution in [1.82, 2.24) is 13.9 Å². The van der Waals surface area contributed by atoms with Crippen LogP contribution < -0.4 is 0 Å². The van der Waals surface area contributed by atoms with Crippen LogP contribution in [-0.2, 0) is 15.8 Å². The third-order valence-corrected chi connectivity index (χ3v) is 6.02. The molecule has 0 amide bonds. The molecule has 5 nitrogen and oxygen atoms in total. The lowest BCUT2D eigenvalue weighted by atomic mass is 10.1. The summed E-state index contributed by atoms with van der Waals surface area (Å²) < 4.78 is 41.4. The maximum atomic E-state index is 14.3. The molecular weight excluding hydrogens is 389 g/mol. The van der Waals surface area contributed by atoms with Gasteiger partial charge in [0.15, 0.2) is 5.65 Å². The quantitative estimate of drug-likeness (QED) is 0.479. The summed E-state index contributed by atoms with van der Waals surface area (Å²) in [7, 11) is -3.81. The van der Waals surface area contributed by atoms with Crippen molar-refractivity contribution < 1.29 is 12.8 Å². The Balaban J connectivity index is 1.95. The van der Waals surface area contributed by atoms with Crippen LogP contribution in [0.3, 0.4) is 0 Å². The largest absolute Gasteiger partial charge is 0.244 e. The maximum absolute atomic E-state index is 14.3. The smallest absolute Gasteiger partial charge is 0.227 e. The lowest BCUT2D eigenvalue weighted by Gasteiger charge is -2.06. The Bertz CT molecular complexity index is 1240. The summed E-state index contributed by atoms with van der Waals surface area (Å²) in [6.07, 6.45) is 2.53. The van der Waals surface area contributed by atoms with E-state index in [0.29, 0.717) is 16.5 Å². The van der Waals surface area contributed by atoms with Crippen LogP contribution in [-0.4, -0.2) is 22.4 Å². The van der Waals surface area contributed by atoms with Gasteiger partial charge in [-0.25, -0.2) is 26.7 Å². The summed E-state index contributed by atoms with van der Waals surface area (Å²) in [5.74, 6) is -0.715. The molecule has 0 aliphatic carbocycles. The van der Waals surface area contributed by atoms with E-state index in [1.807, 2.05) is 6.07 Å². The maximum Gasteiger partial charge on any atom is 0.244 e. The standard InChI is InChI=1S/C19H13ClFN3O2S/c20-18-17-15(14-8-4-5-9-16(14)21)10-24(19(17)23-12-22-18)27(25,26)11-13-6-2-1-3-7-13/h1-10,12H,11H2. The van der Waals surface area contributed by atoms with E-state index in [4.69, 9.17) is 11.6 Å². The molecule has 2 aromatic carbocycles. The number of nitrogens with zero attached hydrogens (tertiary/aromatic N) is 3. The number of halogens is 2. The molecule has 0 saturated heterocycles. The average molecular weight is 402 g/mol.